The third-order valence-corrected chi connectivity index (χ3v) is 5.85. The number of thioether (sulfide) groups is 1. The lowest BCUT2D eigenvalue weighted by atomic mass is 10.2. The molecule has 1 aromatic heterocycles. The number of ether oxygens (including phenoxy) is 2. The number of methoxy groups -OCH3 is 1. The molecule has 0 bridgehead atoms. The number of hydrogen-bond acceptors (Lipinski definition) is 6. The van der Waals surface area contributed by atoms with Crippen molar-refractivity contribution in [1.29, 1.82) is 0 Å². The van der Waals surface area contributed by atoms with Gasteiger partial charge in [0.1, 0.15) is 6.61 Å². The highest BCUT2D eigenvalue weighted by Crippen LogP contribution is 2.29. The highest BCUT2D eigenvalue weighted by molar-refractivity contribution is 7.99. The summed E-state index contributed by atoms with van der Waals surface area (Å²) in [4.78, 5) is 0. The molecule has 0 amide bonds. The minimum absolute atomic E-state index is 0.147. The van der Waals surface area contributed by atoms with Crippen LogP contribution >= 0.6 is 23.4 Å². The standard InChI is InChI=1S/C23H26ClN3O3S/c1-4-7-16-10-11-20(21(12-16)29-3)30-14-19(28)15-31-23-26-25-22(27(23)5-2)17-8-6-9-18(24)13-17/h4,6-13,19,28H,5,14-15H2,1-3H3/b7-4+. The molecule has 0 saturated carbocycles. The Kier molecular flexibility index (Phi) is 8.40. The molecule has 6 nitrogen and oxygen atoms in total. The van der Waals surface area contributed by atoms with E-state index in [0.29, 0.717) is 28.8 Å². The van der Waals surface area contributed by atoms with Gasteiger partial charge in [-0.2, -0.15) is 0 Å². The summed E-state index contributed by atoms with van der Waals surface area (Å²) in [5.74, 6) is 2.41. The smallest absolute Gasteiger partial charge is 0.191 e. The lowest BCUT2D eigenvalue weighted by Crippen LogP contribution is -2.20. The Hall–Kier alpha value is -2.48. The second-order valence-electron chi connectivity index (χ2n) is 6.75. The van der Waals surface area contributed by atoms with Crippen molar-refractivity contribution < 1.29 is 14.6 Å². The second-order valence-corrected chi connectivity index (χ2v) is 8.17. The predicted molar refractivity (Wildman–Crippen MR) is 126 cm³/mol. The molecule has 8 heteroatoms. The number of rotatable bonds is 10. The van der Waals surface area contributed by atoms with Crippen molar-refractivity contribution in [2.24, 2.45) is 0 Å². The summed E-state index contributed by atoms with van der Waals surface area (Å²) in [5.41, 5.74) is 1.93. The average Bonchev–Trinajstić information content (AvgIpc) is 3.19. The second kappa shape index (κ2) is 11.2. The fourth-order valence-electron chi connectivity index (χ4n) is 3.03. The van der Waals surface area contributed by atoms with E-state index in [2.05, 4.69) is 10.2 Å². The Bertz CT molecular complexity index is 1040. The van der Waals surface area contributed by atoms with Crippen LogP contribution in [0, 0.1) is 0 Å². The van der Waals surface area contributed by atoms with E-state index in [1.165, 1.54) is 11.8 Å². The monoisotopic (exact) mass is 459 g/mol. The van der Waals surface area contributed by atoms with E-state index in [1.54, 1.807) is 7.11 Å². The van der Waals surface area contributed by atoms with Gasteiger partial charge in [0, 0.05) is 22.9 Å². The molecule has 0 fully saturated rings. The van der Waals surface area contributed by atoms with E-state index in [-0.39, 0.29) is 6.61 Å². The van der Waals surface area contributed by atoms with E-state index < -0.39 is 6.10 Å². The molecule has 1 atom stereocenters. The van der Waals surface area contributed by atoms with Gasteiger partial charge in [-0.3, -0.25) is 0 Å². The summed E-state index contributed by atoms with van der Waals surface area (Å²) in [7, 11) is 1.60. The molecule has 0 aliphatic rings. The molecule has 0 aliphatic carbocycles. The van der Waals surface area contributed by atoms with Gasteiger partial charge in [-0.05, 0) is 43.7 Å². The van der Waals surface area contributed by atoms with Gasteiger partial charge in [0.25, 0.3) is 0 Å². The third kappa shape index (κ3) is 6.03. The first-order valence-corrected chi connectivity index (χ1v) is 11.4. The van der Waals surface area contributed by atoms with E-state index in [4.69, 9.17) is 21.1 Å². The minimum atomic E-state index is -0.679. The number of aliphatic hydroxyl groups is 1. The SMILES string of the molecule is C/C=C/c1ccc(OCC(O)CSc2nnc(-c3cccc(Cl)c3)n2CC)c(OC)c1. The van der Waals surface area contributed by atoms with Gasteiger partial charge >= 0.3 is 0 Å². The number of aliphatic hydroxyl groups excluding tert-OH is 1. The van der Waals surface area contributed by atoms with Crippen molar-refractivity contribution >= 4 is 29.4 Å². The van der Waals surface area contributed by atoms with Crippen molar-refractivity contribution in [3.05, 3.63) is 59.1 Å². The van der Waals surface area contributed by atoms with Crippen LogP contribution < -0.4 is 9.47 Å². The largest absolute Gasteiger partial charge is 0.493 e. The van der Waals surface area contributed by atoms with Crippen LogP contribution in [0.5, 0.6) is 11.5 Å². The summed E-state index contributed by atoms with van der Waals surface area (Å²) >= 11 is 7.55. The van der Waals surface area contributed by atoms with Gasteiger partial charge in [-0.25, -0.2) is 0 Å². The molecule has 1 N–H and O–H groups in total. The zero-order chi connectivity index (χ0) is 22.2. The van der Waals surface area contributed by atoms with E-state index in [1.807, 2.05) is 73.0 Å². The number of benzene rings is 2. The predicted octanol–water partition coefficient (Wildman–Crippen LogP) is 5.19. The van der Waals surface area contributed by atoms with Crippen LogP contribution in [0.2, 0.25) is 5.02 Å². The van der Waals surface area contributed by atoms with Crippen molar-refractivity contribution in [1.82, 2.24) is 14.8 Å². The lowest BCUT2D eigenvalue weighted by Gasteiger charge is -2.15. The normalized spacial score (nSPS) is 12.3. The van der Waals surface area contributed by atoms with Gasteiger partial charge in [-0.1, -0.05) is 53.7 Å². The molecule has 3 rings (SSSR count). The zero-order valence-corrected chi connectivity index (χ0v) is 19.4. The summed E-state index contributed by atoms with van der Waals surface area (Å²) in [6.07, 6.45) is 3.27. The lowest BCUT2D eigenvalue weighted by molar-refractivity contribution is 0.124. The minimum Gasteiger partial charge on any atom is -0.493 e. The van der Waals surface area contributed by atoms with Crippen LogP contribution in [0.25, 0.3) is 17.5 Å². The maximum Gasteiger partial charge on any atom is 0.191 e. The Morgan fingerprint density at radius 1 is 1.19 bits per heavy atom. The van der Waals surface area contributed by atoms with Crippen LogP contribution in [0.4, 0.5) is 0 Å². The molecule has 164 valence electrons. The van der Waals surface area contributed by atoms with Gasteiger partial charge in [0.05, 0.1) is 13.2 Å². The topological polar surface area (TPSA) is 69.4 Å². The fraction of sp³-hybridized carbons (Fsp3) is 0.304. The van der Waals surface area contributed by atoms with Gasteiger partial charge in [-0.15, -0.1) is 10.2 Å². The summed E-state index contributed by atoms with van der Waals surface area (Å²) < 4.78 is 13.2. The van der Waals surface area contributed by atoms with Crippen LogP contribution in [0.3, 0.4) is 0 Å². The first-order valence-electron chi connectivity index (χ1n) is 9.99. The zero-order valence-electron chi connectivity index (χ0n) is 17.8. The van der Waals surface area contributed by atoms with Crippen LogP contribution in [-0.4, -0.2) is 45.4 Å². The molecule has 1 heterocycles. The van der Waals surface area contributed by atoms with E-state index in [0.717, 1.165) is 22.1 Å². The summed E-state index contributed by atoms with van der Waals surface area (Å²) in [6, 6.07) is 13.2. The van der Waals surface area contributed by atoms with E-state index >= 15 is 0 Å². The first-order chi connectivity index (χ1) is 15.0. The molecule has 0 aliphatic heterocycles. The van der Waals surface area contributed by atoms with Crippen LogP contribution in [0.15, 0.2) is 53.7 Å². The Morgan fingerprint density at radius 3 is 2.74 bits per heavy atom. The maximum absolute atomic E-state index is 10.4. The molecule has 0 saturated heterocycles. The van der Waals surface area contributed by atoms with Crippen molar-refractivity contribution in [3.63, 3.8) is 0 Å². The van der Waals surface area contributed by atoms with E-state index in [9.17, 15) is 5.11 Å². The maximum atomic E-state index is 10.4. The molecule has 31 heavy (non-hydrogen) atoms. The number of allylic oxidation sites excluding steroid dienone is 1. The number of hydrogen-bond donors (Lipinski definition) is 1. The Labute approximate surface area is 191 Å². The first kappa shape index (κ1) is 23.2. The highest BCUT2D eigenvalue weighted by Gasteiger charge is 2.16. The molecule has 0 spiro atoms. The quantitative estimate of drug-likeness (QED) is 0.420. The fourth-order valence-corrected chi connectivity index (χ4v) is 4.12. The van der Waals surface area contributed by atoms with Crippen molar-refractivity contribution in [2.45, 2.75) is 31.7 Å². The summed E-state index contributed by atoms with van der Waals surface area (Å²) in [5, 5.41) is 20.4. The average molecular weight is 460 g/mol. The third-order valence-electron chi connectivity index (χ3n) is 4.50. The number of aromatic nitrogens is 3. The Morgan fingerprint density at radius 2 is 2.03 bits per heavy atom. The molecule has 0 radical (unpaired) electrons. The van der Waals surface area contributed by atoms with Gasteiger partial charge in [0.2, 0.25) is 0 Å². The molecule has 3 aromatic rings. The van der Waals surface area contributed by atoms with Crippen LogP contribution in [-0.2, 0) is 6.54 Å². The summed E-state index contributed by atoms with van der Waals surface area (Å²) in [6.45, 7) is 4.85. The molecular weight excluding hydrogens is 434 g/mol. The molecule has 2 aromatic carbocycles. The number of halogens is 1. The van der Waals surface area contributed by atoms with Crippen LogP contribution in [0.1, 0.15) is 19.4 Å². The number of nitrogens with zero attached hydrogens (tertiary/aromatic N) is 3. The van der Waals surface area contributed by atoms with Crippen molar-refractivity contribution in [2.75, 3.05) is 19.5 Å². The Balaban J connectivity index is 1.61. The highest BCUT2D eigenvalue weighted by atomic mass is 35.5. The molecule has 1 unspecified atom stereocenters. The van der Waals surface area contributed by atoms with Gasteiger partial charge < -0.3 is 19.1 Å². The van der Waals surface area contributed by atoms with Gasteiger partial charge in [0.15, 0.2) is 22.5 Å². The molecular formula is C23H26ClN3O3S. The van der Waals surface area contributed by atoms with Crippen molar-refractivity contribution in [3.8, 4) is 22.9 Å².